The van der Waals surface area contributed by atoms with E-state index in [-0.39, 0.29) is 0 Å². The minimum absolute atomic E-state index is 0.485. The van der Waals surface area contributed by atoms with Gasteiger partial charge in [0.15, 0.2) is 0 Å². The number of hydrogen-bond acceptors (Lipinski definition) is 1. The molecule has 0 amide bonds. The van der Waals surface area contributed by atoms with Crippen molar-refractivity contribution in [3.63, 3.8) is 0 Å². The summed E-state index contributed by atoms with van der Waals surface area (Å²) in [6.45, 7) is 2.20. The Kier molecular flexibility index (Phi) is 8.75. The van der Waals surface area contributed by atoms with Crippen molar-refractivity contribution in [2.45, 2.75) is 77.6 Å². The Bertz CT molecular complexity index is 221. The number of rotatable bonds is 9. The van der Waals surface area contributed by atoms with E-state index in [0.29, 0.717) is 11.7 Å². The lowest BCUT2D eigenvalue weighted by molar-refractivity contribution is -0.120. The first-order valence-corrected chi connectivity index (χ1v) is 8.33. The van der Waals surface area contributed by atoms with E-state index in [1.54, 1.807) is 0 Å². The summed E-state index contributed by atoms with van der Waals surface area (Å²) in [7, 11) is 0. The van der Waals surface area contributed by atoms with Crippen LogP contribution in [0, 0.1) is 11.8 Å². The summed E-state index contributed by atoms with van der Waals surface area (Å²) in [5.74, 6) is 2.63. The van der Waals surface area contributed by atoms with Crippen molar-refractivity contribution >= 4 is 17.4 Å². The summed E-state index contributed by atoms with van der Waals surface area (Å²) in [6.07, 6.45) is 13.1. The Morgan fingerprint density at radius 3 is 2.61 bits per heavy atom. The molecule has 1 unspecified atom stereocenters. The van der Waals surface area contributed by atoms with Crippen molar-refractivity contribution in [3.8, 4) is 0 Å². The standard InChI is InChI=1S/C16H29ClO/c1-14(7-5-6-12-17)13-16(18)11-10-15-8-3-2-4-9-15/h14-15H,2-13H2,1H3. The number of carbonyl (C=O) groups excluding carboxylic acids is 1. The van der Waals surface area contributed by atoms with Crippen LogP contribution < -0.4 is 0 Å². The summed E-state index contributed by atoms with van der Waals surface area (Å²) < 4.78 is 0. The minimum atomic E-state index is 0.485. The number of ketones is 1. The highest BCUT2D eigenvalue weighted by Crippen LogP contribution is 2.27. The third-order valence-corrected chi connectivity index (χ3v) is 4.48. The molecule has 1 aliphatic carbocycles. The van der Waals surface area contributed by atoms with Gasteiger partial charge in [-0.05, 0) is 24.7 Å². The Balaban J connectivity index is 2.05. The lowest BCUT2D eigenvalue weighted by Gasteiger charge is -2.21. The molecule has 0 N–H and O–H groups in total. The van der Waals surface area contributed by atoms with E-state index in [1.165, 1.54) is 38.5 Å². The van der Waals surface area contributed by atoms with Crippen LogP contribution in [0.15, 0.2) is 0 Å². The van der Waals surface area contributed by atoms with Crippen LogP contribution in [0.2, 0.25) is 0 Å². The zero-order valence-corrected chi connectivity index (χ0v) is 12.7. The molecular formula is C16H29ClO. The van der Waals surface area contributed by atoms with Crippen molar-refractivity contribution in [1.82, 2.24) is 0 Å². The van der Waals surface area contributed by atoms with Gasteiger partial charge < -0.3 is 0 Å². The van der Waals surface area contributed by atoms with Crippen LogP contribution in [0.25, 0.3) is 0 Å². The van der Waals surface area contributed by atoms with Gasteiger partial charge in [0.05, 0.1) is 0 Å². The molecule has 1 aliphatic rings. The summed E-state index contributed by atoms with van der Waals surface area (Å²) in [5, 5.41) is 0. The van der Waals surface area contributed by atoms with Crippen LogP contribution >= 0.6 is 11.6 Å². The quantitative estimate of drug-likeness (QED) is 0.408. The van der Waals surface area contributed by atoms with Crippen LogP contribution in [0.3, 0.4) is 0 Å². The molecule has 0 bridgehead atoms. The van der Waals surface area contributed by atoms with E-state index in [1.807, 2.05) is 0 Å². The van der Waals surface area contributed by atoms with Gasteiger partial charge >= 0.3 is 0 Å². The molecule has 1 nitrogen and oxygen atoms in total. The zero-order valence-electron chi connectivity index (χ0n) is 11.9. The minimum Gasteiger partial charge on any atom is -0.300 e. The van der Waals surface area contributed by atoms with E-state index in [4.69, 9.17) is 11.6 Å². The Morgan fingerprint density at radius 1 is 1.22 bits per heavy atom. The first kappa shape index (κ1) is 16.0. The molecule has 106 valence electrons. The topological polar surface area (TPSA) is 17.1 Å². The van der Waals surface area contributed by atoms with Gasteiger partial charge in [-0.2, -0.15) is 0 Å². The second-order valence-corrected chi connectivity index (χ2v) is 6.45. The van der Waals surface area contributed by atoms with Gasteiger partial charge in [-0.3, -0.25) is 4.79 Å². The van der Waals surface area contributed by atoms with Crippen LogP contribution in [0.1, 0.15) is 77.6 Å². The maximum Gasteiger partial charge on any atom is 0.133 e. The maximum absolute atomic E-state index is 11.9. The predicted octanol–water partition coefficient (Wildman–Crippen LogP) is 5.35. The first-order valence-electron chi connectivity index (χ1n) is 7.80. The van der Waals surface area contributed by atoms with Crippen LogP contribution in [-0.4, -0.2) is 11.7 Å². The van der Waals surface area contributed by atoms with Gasteiger partial charge in [0.2, 0.25) is 0 Å². The number of hydrogen-bond donors (Lipinski definition) is 0. The third-order valence-electron chi connectivity index (χ3n) is 4.21. The molecule has 1 rings (SSSR count). The summed E-state index contributed by atoms with van der Waals surface area (Å²) >= 11 is 5.66. The summed E-state index contributed by atoms with van der Waals surface area (Å²) in [6, 6.07) is 0. The normalized spacial score (nSPS) is 18.8. The average Bonchev–Trinajstić information content (AvgIpc) is 2.38. The van der Waals surface area contributed by atoms with Crippen molar-refractivity contribution in [1.29, 1.82) is 0 Å². The highest BCUT2D eigenvalue weighted by atomic mass is 35.5. The first-order chi connectivity index (χ1) is 8.72. The molecule has 0 aromatic rings. The zero-order chi connectivity index (χ0) is 13.2. The van der Waals surface area contributed by atoms with Crippen LogP contribution in [-0.2, 0) is 4.79 Å². The van der Waals surface area contributed by atoms with Gasteiger partial charge in [-0.15, -0.1) is 11.6 Å². The van der Waals surface area contributed by atoms with E-state index in [2.05, 4.69) is 6.92 Å². The number of unbranched alkanes of at least 4 members (excludes halogenated alkanes) is 1. The molecule has 0 aromatic heterocycles. The van der Waals surface area contributed by atoms with Crippen molar-refractivity contribution in [3.05, 3.63) is 0 Å². The van der Waals surface area contributed by atoms with Gasteiger partial charge in [0.25, 0.3) is 0 Å². The SMILES string of the molecule is CC(CCCCCl)CC(=O)CCC1CCCCC1. The van der Waals surface area contributed by atoms with Crippen molar-refractivity contribution in [2.75, 3.05) is 5.88 Å². The highest BCUT2D eigenvalue weighted by molar-refractivity contribution is 6.17. The molecule has 18 heavy (non-hydrogen) atoms. The number of halogens is 1. The van der Waals surface area contributed by atoms with Crippen LogP contribution in [0.4, 0.5) is 0 Å². The van der Waals surface area contributed by atoms with Gasteiger partial charge in [0.1, 0.15) is 5.78 Å². The van der Waals surface area contributed by atoms with Crippen LogP contribution in [0.5, 0.6) is 0 Å². The average molecular weight is 273 g/mol. The molecule has 0 aromatic carbocycles. The fourth-order valence-electron chi connectivity index (χ4n) is 3.02. The lowest BCUT2D eigenvalue weighted by atomic mass is 9.85. The number of alkyl halides is 1. The molecule has 1 saturated carbocycles. The molecule has 0 radical (unpaired) electrons. The third kappa shape index (κ3) is 7.41. The lowest BCUT2D eigenvalue weighted by Crippen LogP contribution is -2.11. The summed E-state index contributed by atoms with van der Waals surface area (Å²) in [5.41, 5.74) is 0. The monoisotopic (exact) mass is 272 g/mol. The molecule has 1 fully saturated rings. The fraction of sp³-hybridized carbons (Fsp3) is 0.938. The van der Waals surface area contributed by atoms with Gasteiger partial charge in [0, 0.05) is 18.7 Å². The smallest absolute Gasteiger partial charge is 0.133 e. The van der Waals surface area contributed by atoms with Gasteiger partial charge in [-0.1, -0.05) is 51.9 Å². The molecular weight excluding hydrogens is 244 g/mol. The fourth-order valence-corrected chi connectivity index (χ4v) is 3.21. The predicted molar refractivity (Wildman–Crippen MR) is 79.2 cm³/mol. The van der Waals surface area contributed by atoms with E-state index >= 15 is 0 Å². The van der Waals surface area contributed by atoms with E-state index in [0.717, 1.165) is 43.9 Å². The number of carbonyl (C=O) groups is 1. The molecule has 0 aliphatic heterocycles. The Labute approximate surface area is 118 Å². The molecule has 2 heteroatoms. The maximum atomic E-state index is 11.9. The number of Topliss-reactive ketones (excluding diaryl/α,β-unsaturated/α-hetero) is 1. The highest BCUT2D eigenvalue weighted by Gasteiger charge is 2.15. The van der Waals surface area contributed by atoms with Gasteiger partial charge in [-0.25, -0.2) is 0 Å². The van der Waals surface area contributed by atoms with E-state index in [9.17, 15) is 4.79 Å². The van der Waals surface area contributed by atoms with E-state index < -0.39 is 0 Å². The molecule has 0 heterocycles. The summed E-state index contributed by atoms with van der Waals surface area (Å²) in [4.78, 5) is 11.9. The Hall–Kier alpha value is -0.0400. The van der Waals surface area contributed by atoms with Crippen molar-refractivity contribution < 1.29 is 4.79 Å². The largest absolute Gasteiger partial charge is 0.300 e. The van der Waals surface area contributed by atoms with Crippen molar-refractivity contribution in [2.24, 2.45) is 11.8 Å². The Morgan fingerprint density at radius 2 is 1.94 bits per heavy atom. The molecule has 0 spiro atoms. The second kappa shape index (κ2) is 9.83. The molecule has 1 atom stereocenters. The second-order valence-electron chi connectivity index (χ2n) is 6.08. The molecule has 0 saturated heterocycles.